The zero-order chi connectivity index (χ0) is 13.9. The van der Waals surface area contributed by atoms with Gasteiger partial charge in [-0.05, 0) is 30.2 Å². The summed E-state index contributed by atoms with van der Waals surface area (Å²) in [5, 5.41) is 8.76. The van der Waals surface area contributed by atoms with Crippen molar-refractivity contribution in [3.05, 3.63) is 40.7 Å². The lowest BCUT2D eigenvalue weighted by Gasteiger charge is -2.11. The van der Waals surface area contributed by atoms with Crippen LogP contribution in [-0.4, -0.2) is 11.1 Å². The number of halogens is 4. The fourth-order valence-corrected chi connectivity index (χ4v) is 1.40. The summed E-state index contributed by atoms with van der Waals surface area (Å²) in [6, 6.07) is 2.12. The molecule has 2 nitrogen and oxygen atoms in total. The van der Waals surface area contributed by atoms with Crippen molar-refractivity contribution in [2.45, 2.75) is 19.5 Å². The Balaban J connectivity index is 3.37. The van der Waals surface area contributed by atoms with E-state index in [0.29, 0.717) is 6.07 Å². The third kappa shape index (κ3) is 3.32. The topological polar surface area (TPSA) is 37.3 Å². The molecular weight excluding hydrogens is 252 g/mol. The Morgan fingerprint density at radius 1 is 1.39 bits per heavy atom. The van der Waals surface area contributed by atoms with E-state index in [1.54, 1.807) is 0 Å². The van der Waals surface area contributed by atoms with Crippen molar-refractivity contribution in [2.24, 2.45) is 0 Å². The summed E-state index contributed by atoms with van der Waals surface area (Å²) in [5.41, 5.74) is -1.72. The summed E-state index contributed by atoms with van der Waals surface area (Å²) in [4.78, 5) is 10.7. The first-order chi connectivity index (χ1) is 8.25. The fraction of sp³-hybridized carbons (Fsp3) is 0.250. The average Bonchev–Trinajstić information content (AvgIpc) is 2.25. The van der Waals surface area contributed by atoms with Crippen molar-refractivity contribution < 1.29 is 27.5 Å². The molecule has 0 aliphatic carbocycles. The molecule has 0 aliphatic rings. The number of carbonyl (C=O) groups is 1. The summed E-state index contributed by atoms with van der Waals surface area (Å²) in [5.74, 6) is -2.32. The van der Waals surface area contributed by atoms with Crippen molar-refractivity contribution in [3.63, 3.8) is 0 Å². The summed E-state index contributed by atoms with van der Waals surface area (Å²) < 4.78 is 50.7. The van der Waals surface area contributed by atoms with Gasteiger partial charge in [-0.3, -0.25) is 0 Å². The van der Waals surface area contributed by atoms with Crippen LogP contribution >= 0.6 is 0 Å². The van der Waals surface area contributed by atoms with E-state index in [0.717, 1.165) is 18.2 Å². The van der Waals surface area contributed by atoms with Gasteiger partial charge in [0.2, 0.25) is 0 Å². The lowest BCUT2D eigenvalue weighted by molar-refractivity contribution is -0.138. The Morgan fingerprint density at radius 3 is 2.44 bits per heavy atom. The molecule has 0 amide bonds. The van der Waals surface area contributed by atoms with E-state index in [9.17, 15) is 22.4 Å². The zero-order valence-electron chi connectivity index (χ0n) is 9.38. The van der Waals surface area contributed by atoms with Crippen molar-refractivity contribution >= 4 is 12.0 Å². The van der Waals surface area contributed by atoms with Crippen LogP contribution in [0, 0.1) is 5.82 Å². The van der Waals surface area contributed by atoms with Gasteiger partial charge in [0.1, 0.15) is 5.82 Å². The molecule has 0 heterocycles. The molecule has 0 spiro atoms. The highest BCUT2D eigenvalue weighted by atomic mass is 19.4. The SMILES string of the molecule is CC/C(=C\c1ccc(F)cc1C(F)(F)F)C(=O)O. The monoisotopic (exact) mass is 262 g/mol. The predicted molar refractivity (Wildman–Crippen MR) is 57.3 cm³/mol. The van der Waals surface area contributed by atoms with Crippen LogP contribution in [-0.2, 0) is 11.0 Å². The first kappa shape index (κ1) is 14.2. The van der Waals surface area contributed by atoms with E-state index in [2.05, 4.69) is 0 Å². The number of benzene rings is 1. The zero-order valence-corrected chi connectivity index (χ0v) is 9.38. The first-order valence-corrected chi connectivity index (χ1v) is 5.06. The Hall–Kier alpha value is -1.85. The molecule has 98 valence electrons. The van der Waals surface area contributed by atoms with Gasteiger partial charge in [-0.15, -0.1) is 0 Å². The van der Waals surface area contributed by atoms with Gasteiger partial charge in [0.05, 0.1) is 5.56 Å². The normalized spacial score (nSPS) is 12.6. The summed E-state index contributed by atoms with van der Waals surface area (Å²) in [6.45, 7) is 1.51. The molecule has 18 heavy (non-hydrogen) atoms. The largest absolute Gasteiger partial charge is 0.478 e. The Bertz CT molecular complexity index is 489. The van der Waals surface area contributed by atoms with Crippen LogP contribution in [0.25, 0.3) is 6.08 Å². The maximum absolute atomic E-state index is 12.8. The lowest BCUT2D eigenvalue weighted by atomic mass is 10.0. The predicted octanol–water partition coefficient (Wildman–Crippen LogP) is 3.72. The molecule has 0 unspecified atom stereocenters. The number of aliphatic carboxylic acids is 1. The van der Waals surface area contributed by atoms with Gasteiger partial charge < -0.3 is 5.11 Å². The van der Waals surface area contributed by atoms with Gasteiger partial charge in [-0.2, -0.15) is 13.2 Å². The second-order valence-corrected chi connectivity index (χ2v) is 3.56. The second kappa shape index (κ2) is 5.20. The maximum Gasteiger partial charge on any atom is 0.417 e. The number of hydrogen-bond donors (Lipinski definition) is 1. The van der Waals surface area contributed by atoms with Gasteiger partial charge in [0, 0.05) is 5.57 Å². The summed E-state index contributed by atoms with van der Waals surface area (Å²) in [7, 11) is 0. The van der Waals surface area contributed by atoms with Crippen molar-refractivity contribution in [3.8, 4) is 0 Å². The van der Waals surface area contributed by atoms with Gasteiger partial charge in [0.15, 0.2) is 0 Å². The lowest BCUT2D eigenvalue weighted by Crippen LogP contribution is -2.09. The van der Waals surface area contributed by atoms with E-state index in [1.165, 1.54) is 6.92 Å². The highest BCUT2D eigenvalue weighted by Crippen LogP contribution is 2.33. The molecule has 6 heteroatoms. The molecule has 0 bridgehead atoms. The minimum Gasteiger partial charge on any atom is -0.478 e. The molecule has 1 N–H and O–H groups in total. The Kier molecular flexibility index (Phi) is 4.11. The molecule has 1 rings (SSSR count). The number of carboxylic acids is 1. The van der Waals surface area contributed by atoms with E-state index >= 15 is 0 Å². The van der Waals surface area contributed by atoms with Gasteiger partial charge in [0.25, 0.3) is 0 Å². The standard InChI is InChI=1S/C12H10F4O2/c1-2-7(11(17)18)5-8-3-4-9(13)6-10(8)12(14,15)16/h3-6H,2H2,1H3,(H,17,18)/b7-5+. The molecule has 0 saturated heterocycles. The molecule has 1 aromatic carbocycles. The van der Waals surface area contributed by atoms with Crippen LogP contribution < -0.4 is 0 Å². The second-order valence-electron chi connectivity index (χ2n) is 3.56. The molecule has 0 aliphatic heterocycles. The summed E-state index contributed by atoms with van der Waals surface area (Å²) >= 11 is 0. The van der Waals surface area contributed by atoms with Crippen LogP contribution in [0.3, 0.4) is 0 Å². The van der Waals surface area contributed by atoms with E-state index < -0.39 is 23.5 Å². The smallest absolute Gasteiger partial charge is 0.417 e. The van der Waals surface area contributed by atoms with E-state index in [1.807, 2.05) is 0 Å². The summed E-state index contributed by atoms with van der Waals surface area (Å²) in [6.07, 6.45) is -3.75. The number of alkyl halides is 3. The minimum absolute atomic E-state index is 0.0734. The molecule has 1 aromatic rings. The van der Waals surface area contributed by atoms with E-state index in [4.69, 9.17) is 5.11 Å². The number of hydrogen-bond acceptors (Lipinski definition) is 1. The third-order valence-corrected chi connectivity index (χ3v) is 2.31. The minimum atomic E-state index is -4.73. The van der Waals surface area contributed by atoms with Gasteiger partial charge in [-0.25, -0.2) is 9.18 Å². The van der Waals surface area contributed by atoms with Crippen molar-refractivity contribution in [1.29, 1.82) is 0 Å². The Labute approximate surface area is 101 Å². The highest BCUT2D eigenvalue weighted by molar-refractivity contribution is 5.92. The average molecular weight is 262 g/mol. The molecule has 0 atom stereocenters. The number of rotatable bonds is 3. The number of carboxylic acid groups (broad SMARTS) is 1. The van der Waals surface area contributed by atoms with Gasteiger partial charge >= 0.3 is 12.1 Å². The fourth-order valence-electron chi connectivity index (χ4n) is 1.40. The molecule has 0 saturated carbocycles. The van der Waals surface area contributed by atoms with Crippen molar-refractivity contribution in [2.75, 3.05) is 0 Å². The molecule has 0 aromatic heterocycles. The molecule has 0 radical (unpaired) electrons. The molecular formula is C12H10F4O2. The first-order valence-electron chi connectivity index (χ1n) is 5.06. The third-order valence-electron chi connectivity index (χ3n) is 2.31. The maximum atomic E-state index is 12.8. The van der Waals surface area contributed by atoms with Crippen LogP contribution in [0.4, 0.5) is 17.6 Å². The van der Waals surface area contributed by atoms with Crippen molar-refractivity contribution in [1.82, 2.24) is 0 Å². The van der Waals surface area contributed by atoms with E-state index in [-0.39, 0.29) is 17.6 Å². The van der Waals surface area contributed by atoms with Gasteiger partial charge in [-0.1, -0.05) is 13.0 Å². The van der Waals surface area contributed by atoms with Crippen LogP contribution in [0.15, 0.2) is 23.8 Å². The van der Waals surface area contributed by atoms with Crippen LogP contribution in [0.5, 0.6) is 0 Å². The highest BCUT2D eigenvalue weighted by Gasteiger charge is 2.33. The molecule has 0 fully saturated rings. The van der Waals surface area contributed by atoms with Crippen LogP contribution in [0.1, 0.15) is 24.5 Å². The Morgan fingerprint density at radius 2 is 2.00 bits per heavy atom. The van der Waals surface area contributed by atoms with Crippen LogP contribution in [0.2, 0.25) is 0 Å². The quantitative estimate of drug-likeness (QED) is 0.665.